The number of alkyl halides is 1. The summed E-state index contributed by atoms with van der Waals surface area (Å²) in [5.74, 6) is 0.851. The molecule has 0 unspecified atom stereocenters. The van der Waals surface area contributed by atoms with E-state index in [-0.39, 0.29) is 17.6 Å². The molecule has 0 saturated carbocycles. The Morgan fingerprint density at radius 1 is 1.17 bits per heavy atom. The van der Waals surface area contributed by atoms with E-state index in [1.807, 2.05) is 30.5 Å². The van der Waals surface area contributed by atoms with Crippen LogP contribution in [0.4, 0.5) is 5.69 Å². The number of halogens is 2. The molecule has 36 heavy (non-hydrogen) atoms. The predicted molar refractivity (Wildman–Crippen MR) is 144 cm³/mol. The van der Waals surface area contributed by atoms with Crippen molar-refractivity contribution in [2.24, 2.45) is 9.98 Å². The number of amidine groups is 1. The molecule has 1 aliphatic heterocycles. The Morgan fingerprint density at radius 3 is 2.89 bits per heavy atom. The van der Waals surface area contributed by atoms with Crippen molar-refractivity contribution in [3.63, 3.8) is 0 Å². The van der Waals surface area contributed by atoms with E-state index in [9.17, 15) is 10.1 Å². The number of benzene rings is 2. The molecular weight excluding hydrogens is 503 g/mol. The maximum absolute atomic E-state index is 11.1. The molecule has 0 fully saturated rings. The van der Waals surface area contributed by atoms with Crippen molar-refractivity contribution >= 4 is 50.8 Å². The molecule has 0 N–H and O–H groups in total. The fraction of sp³-hybridized carbons (Fsp3) is 0.231. The average molecular weight is 527 g/mol. The molecule has 0 saturated heterocycles. The zero-order valence-electron chi connectivity index (χ0n) is 19.3. The van der Waals surface area contributed by atoms with Gasteiger partial charge in [-0.05, 0) is 40.7 Å². The number of allylic oxidation sites excluding steroid dienone is 2. The Hall–Kier alpha value is -3.46. The molecule has 3 aromatic rings. The van der Waals surface area contributed by atoms with Gasteiger partial charge in [0.05, 0.1) is 29.7 Å². The van der Waals surface area contributed by atoms with Gasteiger partial charge in [0.25, 0.3) is 5.69 Å². The van der Waals surface area contributed by atoms with Crippen molar-refractivity contribution in [1.29, 1.82) is 0 Å². The van der Waals surface area contributed by atoms with Crippen molar-refractivity contribution < 1.29 is 14.4 Å². The van der Waals surface area contributed by atoms with Crippen LogP contribution in [0.25, 0.3) is 10.9 Å². The van der Waals surface area contributed by atoms with Gasteiger partial charge >= 0.3 is 0 Å². The zero-order chi connectivity index (χ0) is 25.3. The van der Waals surface area contributed by atoms with Gasteiger partial charge in [-0.3, -0.25) is 10.1 Å². The average Bonchev–Trinajstić information content (AvgIpc) is 3.15. The third kappa shape index (κ3) is 6.60. The van der Waals surface area contributed by atoms with E-state index in [4.69, 9.17) is 32.7 Å². The van der Waals surface area contributed by atoms with Crippen LogP contribution in [-0.2, 0) is 17.9 Å². The van der Waals surface area contributed by atoms with Gasteiger partial charge in [0.15, 0.2) is 0 Å². The van der Waals surface area contributed by atoms with Crippen LogP contribution in [0.15, 0.2) is 83.1 Å². The number of aliphatic imine (C=N–C) groups is 2. The molecule has 2 aromatic carbocycles. The summed E-state index contributed by atoms with van der Waals surface area (Å²) in [7, 11) is 0. The monoisotopic (exact) mass is 526 g/mol. The molecule has 0 amide bonds. The number of nitro benzene ring substituents is 1. The van der Waals surface area contributed by atoms with Crippen LogP contribution in [0.5, 0.6) is 5.75 Å². The van der Waals surface area contributed by atoms with Crippen LogP contribution in [0.2, 0.25) is 0 Å². The van der Waals surface area contributed by atoms with E-state index >= 15 is 0 Å². The van der Waals surface area contributed by atoms with Crippen molar-refractivity contribution in [2.75, 3.05) is 19.1 Å². The Kier molecular flexibility index (Phi) is 8.89. The summed E-state index contributed by atoms with van der Waals surface area (Å²) in [6.45, 7) is 1.50. The molecular formula is C26H24Cl2N4O4. The highest BCUT2D eigenvalue weighted by atomic mass is 35.5. The summed E-state index contributed by atoms with van der Waals surface area (Å²) < 4.78 is 13.4. The lowest BCUT2D eigenvalue weighted by Crippen LogP contribution is -2.03. The first-order chi connectivity index (χ1) is 17.5. The molecule has 0 aliphatic carbocycles. The molecule has 10 heteroatoms. The lowest BCUT2D eigenvalue weighted by atomic mass is 10.1. The van der Waals surface area contributed by atoms with Gasteiger partial charge in [-0.25, -0.2) is 9.98 Å². The summed E-state index contributed by atoms with van der Waals surface area (Å²) in [6, 6.07) is 12.7. The number of hydrogen-bond acceptors (Lipinski definition) is 6. The van der Waals surface area contributed by atoms with Crippen LogP contribution >= 0.6 is 23.2 Å². The number of nitro groups is 1. The minimum atomic E-state index is -0.442. The summed E-state index contributed by atoms with van der Waals surface area (Å²) >= 11 is 11.7. The van der Waals surface area contributed by atoms with Gasteiger partial charge in [0.1, 0.15) is 12.4 Å². The maximum atomic E-state index is 11.1. The first-order valence-electron chi connectivity index (χ1n) is 11.3. The number of fused-ring (bicyclic) bond motifs is 1. The van der Waals surface area contributed by atoms with Crippen molar-refractivity contribution in [3.8, 4) is 5.75 Å². The van der Waals surface area contributed by atoms with Crippen LogP contribution in [0.1, 0.15) is 17.5 Å². The molecule has 0 atom stereocenters. The predicted octanol–water partition coefficient (Wildman–Crippen LogP) is 6.24. The number of nitrogens with zero attached hydrogens (tertiary/aromatic N) is 4. The number of rotatable bonds is 11. The molecule has 186 valence electrons. The highest BCUT2D eigenvalue weighted by Gasteiger charge is 2.12. The highest BCUT2D eigenvalue weighted by molar-refractivity contribution is 6.66. The van der Waals surface area contributed by atoms with Gasteiger partial charge in [-0.2, -0.15) is 0 Å². The molecule has 0 spiro atoms. The van der Waals surface area contributed by atoms with Gasteiger partial charge in [0, 0.05) is 48.6 Å². The smallest absolute Gasteiger partial charge is 0.270 e. The summed E-state index contributed by atoms with van der Waals surface area (Å²) in [5.41, 5.74) is 3.54. The molecule has 1 aromatic heterocycles. The zero-order valence-corrected chi connectivity index (χ0v) is 20.9. The van der Waals surface area contributed by atoms with Gasteiger partial charge in [-0.1, -0.05) is 30.4 Å². The van der Waals surface area contributed by atoms with Crippen molar-refractivity contribution in [1.82, 2.24) is 4.57 Å². The van der Waals surface area contributed by atoms with Crippen LogP contribution < -0.4 is 4.74 Å². The minimum absolute atomic E-state index is 0.0124. The molecule has 0 radical (unpaired) electrons. The van der Waals surface area contributed by atoms with Crippen molar-refractivity contribution in [3.05, 3.63) is 94.3 Å². The topological polar surface area (TPSA) is 91.2 Å². The summed E-state index contributed by atoms with van der Waals surface area (Å²) in [6.07, 6.45) is 10.2. The van der Waals surface area contributed by atoms with Crippen LogP contribution in [0.3, 0.4) is 0 Å². The minimum Gasteiger partial charge on any atom is -0.492 e. The lowest BCUT2D eigenvalue weighted by molar-refractivity contribution is -0.385. The fourth-order valence-corrected chi connectivity index (χ4v) is 3.98. The molecule has 8 nitrogen and oxygen atoms in total. The van der Waals surface area contributed by atoms with E-state index < -0.39 is 4.92 Å². The van der Waals surface area contributed by atoms with E-state index in [0.29, 0.717) is 43.4 Å². The van der Waals surface area contributed by atoms with Gasteiger partial charge in [-0.15, -0.1) is 11.6 Å². The SMILES string of the molecule is O=[N+]([O-])c1ccc(OCCCl)c(COC/C=C/Cn2ccc3ccc(C4=NC(Cl)=NC=CC4)cc32)c1. The number of non-ortho nitro benzene ring substituents is 1. The Bertz CT molecular complexity index is 1360. The second-order valence-electron chi connectivity index (χ2n) is 7.86. The van der Waals surface area contributed by atoms with Gasteiger partial charge in [0.2, 0.25) is 5.29 Å². The molecule has 4 rings (SSSR count). The highest BCUT2D eigenvalue weighted by Crippen LogP contribution is 2.25. The normalized spacial score (nSPS) is 13.6. The molecule has 1 aliphatic rings. The molecule has 2 heterocycles. The van der Waals surface area contributed by atoms with Crippen LogP contribution in [0, 0.1) is 10.1 Å². The number of ether oxygens (including phenoxy) is 2. The Labute approximate surface area is 218 Å². The third-order valence-corrected chi connectivity index (χ3v) is 5.80. The van der Waals surface area contributed by atoms with Crippen molar-refractivity contribution in [2.45, 2.75) is 19.6 Å². The molecule has 0 bridgehead atoms. The lowest BCUT2D eigenvalue weighted by Gasteiger charge is -2.10. The fourth-order valence-electron chi connectivity index (χ4n) is 3.74. The summed E-state index contributed by atoms with van der Waals surface area (Å²) in [5, 5.41) is 12.5. The number of aromatic nitrogens is 1. The van der Waals surface area contributed by atoms with E-state index in [1.165, 1.54) is 12.1 Å². The maximum Gasteiger partial charge on any atom is 0.270 e. The second-order valence-corrected chi connectivity index (χ2v) is 8.58. The number of hydrogen-bond donors (Lipinski definition) is 0. The second kappa shape index (κ2) is 12.5. The van der Waals surface area contributed by atoms with E-state index in [0.717, 1.165) is 22.2 Å². The van der Waals surface area contributed by atoms with E-state index in [1.54, 1.807) is 12.3 Å². The third-order valence-electron chi connectivity index (χ3n) is 5.46. The van der Waals surface area contributed by atoms with Crippen LogP contribution in [-0.4, -0.2) is 39.6 Å². The quantitative estimate of drug-likeness (QED) is 0.0737. The summed E-state index contributed by atoms with van der Waals surface area (Å²) in [4.78, 5) is 19.1. The first-order valence-corrected chi connectivity index (χ1v) is 12.2. The Balaban J connectivity index is 1.37. The Morgan fingerprint density at radius 2 is 2.06 bits per heavy atom. The van der Waals surface area contributed by atoms with Gasteiger partial charge < -0.3 is 14.0 Å². The largest absolute Gasteiger partial charge is 0.492 e. The first kappa shape index (κ1) is 25.6. The van der Waals surface area contributed by atoms with E-state index in [2.05, 4.69) is 32.8 Å². The standard InChI is InChI=1S/C26H24Cl2N4O4/c27-10-15-36-25-8-7-22(32(33)34)16-21(25)18-35-14-2-1-12-31-13-9-19-5-6-20(17-24(19)31)23-4-3-11-29-26(28)30-23/h1-3,5-9,11,13,16-17H,4,10,12,14-15,18H2/b2-1+.